The van der Waals surface area contributed by atoms with Gasteiger partial charge in [-0.25, -0.2) is 4.79 Å². The van der Waals surface area contributed by atoms with Crippen molar-refractivity contribution in [2.45, 2.75) is 26.4 Å². The summed E-state index contributed by atoms with van der Waals surface area (Å²) in [5, 5.41) is 0. The molecule has 0 aromatic heterocycles. The quantitative estimate of drug-likeness (QED) is 0.273. The average molecular weight is 379 g/mol. The summed E-state index contributed by atoms with van der Waals surface area (Å²) < 4.78 is 31.8. The van der Waals surface area contributed by atoms with Gasteiger partial charge in [-0.3, -0.25) is 0 Å². The van der Waals surface area contributed by atoms with Gasteiger partial charge in [0.2, 0.25) is 0 Å². The van der Waals surface area contributed by atoms with E-state index in [9.17, 15) is 4.79 Å². The van der Waals surface area contributed by atoms with Crippen molar-refractivity contribution in [2.24, 2.45) is 0 Å². The molecule has 0 unspecified atom stereocenters. The van der Waals surface area contributed by atoms with Gasteiger partial charge in [0.15, 0.2) is 0 Å². The minimum Gasteiger partial charge on any atom is -0.458 e. The molecule has 0 saturated carbocycles. The summed E-state index contributed by atoms with van der Waals surface area (Å²) in [7, 11) is 4.02. The number of rotatable bonds is 17. The van der Waals surface area contributed by atoms with Gasteiger partial charge in [-0.1, -0.05) is 0 Å². The topological polar surface area (TPSA) is 75.7 Å². The number of esters is 1. The minimum absolute atomic E-state index is 0.0622. The van der Waals surface area contributed by atoms with Crippen LogP contribution in [0.25, 0.3) is 0 Å². The molecule has 0 bridgehead atoms. The van der Waals surface area contributed by atoms with Gasteiger partial charge in [0.25, 0.3) is 0 Å². The minimum atomic E-state index is -0.489. The molecule has 0 fully saturated rings. The molecule has 0 aliphatic carbocycles. The van der Waals surface area contributed by atoms with Gasteiger partial charge in [0, 0.05) is 6.54 Å². The van der Waals surface area contributed by atoms with Crippen molar-refractivity contribution in [1.29, 1.82) is 0 Å². The van der Waals surface area contributed by atoms with Crippen LogP contribution < -0.4 is 0 Å². The Kier molecular flexibility index (Phi) is 15.9. The van der Waals surface area contributed by atoms with E-state index in [4.69, 9.17) is 28.4 Å². The number of nitrogens with zero attached hydrogens (tertiary/aromatic N) is 1. The highest BCUT2D eigenvalue weighted by molar-refractivity contribution is 5.71. The second-order valence-corrected chi connectivity index (χ2v) is 6.89. The zero-order chi connectivity index (χ0) is 19.7. The predicted molar refractivity (Wildman–Crippen MR) is 98.5 cm³/mol. The molecule has 0 saturated heterocycles. The fourth-order valence-corrected chi connectivity index (χ4v) is 1.65. The van der Waals surface area contributed by atoms with Crippen molar-refractivity contribution in [2.75, 3.05) is 86.7 Å². The third-order valence-corrected chi connectivity index (χ3v) is 2.81. The fraction of sp³-hybridized carbons (Fsp3) is 0.944. The molecule has 8 heteroatoms. The predicted octanol–water partition coefficient (Wildman–Crippen LogP) is 0.973. The zero-order valence-corrected chi connectivity index (χ0v) is 17.1. The SMILES string of the molecule is CN(C)CCOCCOCCOCCOCCOCC(=O)OC(C)(C)C. The molecule has 0 aliphatic rings. The van der Waals surface area contributed by atoms with Crippen LogP contribution in [0.3, 0.4) is 0 Å². The van der Waals surface area contributed by atoms with Crippen LogP contribution in [0.4, 0.5) is 0 Å². The van der Waals surface area contributed by atoms with E-state index < -0.39 is 5.60 Å². The molecule has 0 amide bonds. The van der Waals surface area contributed by atoms with Crippen LogP contribution in [0.15, 0.2) is 0 Å². The third-order valence-electron chi connectivity index (χ3n) is 2.81. The Morgan fingerprint density at radius 1 is 0.692 bits per heavy atom. The molecule has 8 nitrogen and oxygen atoms in total. The van der Waals surface area contributed by atoms with E-state index in [-0.39, 0.29) is 12.6 Å². The highest BCUT2D eigenvalue weighted by Gasteiger charge is 2.15. The molecule has 0 spiro atoms. The fourth-order valence-electron chi connectivity index (χ4n) is 1.65. The monoisotopic (exact) mass is 379 g/mol. The van der Waals surface area contributed by atoms with Crippen molar-refractivity contribution < 1.29 is 33.2 Å². The molecule has 0 aliphatic heterocycles. The summed E-state index contributed by atoms with van der Waals surface area (Å²) in [6.07, 6.45) is 0. The Hall–Kier alpha value is -0.770. The molecule has 0 aromatic rings. The first-order valence-electron chi connectivity index (χ1n) is 9.06. The normalized spacial score (nSPS) is 11.9. The molecule has 0 atom stereocenters. The second-order valence-electron chi connectivity index (χ2n) is 6.89. The molecule has 26 heavy (non-hydrogen) atoms. The molecule has 0 rings (SSSR count). The Bertz CT molecular complexity index is 332. The van der Waals surface area contributed by atoms with E-state index in [0.29, 0.717) is 59.5 Å². The van der Waals surface area contributed by atoms with Gasteiger partial charge >= 0.3 is 5.97 Å². The molecule has 0 N–H and O–H groups in total. The lowest BCUT2D eigenvalue weighted by Crippen LogP contribution is -2.27. The summed E-state index contributed by atoms with van der Waals surface area (Å²) in [4.78, 5) is 13.5. The van der Waals surface area contributed by atoms with Crippen LogP contribution in [-0.2, 0) is 33.2 Å². The second kappa shape index (κ2) is 16.4. The summed E-state index contributed by atoms with van der Waals surface area (Å²) in [6.45, 7) is 11.0. The lowest BCUT2D eigenvalue weighted by molar-refractivity contribution is -0.160. The van der Waals surface area contributed by atoms with E-state index in [1.165, 1.54) is 0 Å². The molecule has 0 aromatic carbocycles. The lowest BCUT2D eigenvalue weighted by atomic mass is 10.2. The highest BCUT2D eigenvalue weighted by Crippen LogP contribution is 2.06. The summed E-state index contributed by atoms with van der Waals surface area (Å²) in [6, 6.07) is 0. The van der Waals surface area contributed by atoms with Gasteiger partial charge in [-0.05, 0) is 34.9 Å². The number of likely N-dealkylation sites (N-methyl/N-ethyl adjacent to an activating group) is 1. The molecular formula is C18H37NO7. The lowest BCUT2D eigenvalue weighted by Gasteiger charge is -2.19. The van der Waals surface area contributed by atoms with Gasteiger partial charge in [-0.2, -0.15) is 0 Å². The van der Waals surface area contributed by atoms with Gasteiger partial charge < -0.3 is 33.3 Å². The highest BCUT2D eigenvalue weighted by atomic mass is 16.6. The third kappa shape index (κ3) is 21.3. The first kappa shape index (κ1) is 25.2. The number of carbonyl (C=O) groups is 1. The largest absolute Gasteiger partial charge is 0.458 e. The van der Waals surface area contributed by atoms with Crippen molar-refractivity contribution >= 4 is 5.97 Å². The van der Waals surface area contributed by atoms with E-state index >= 15 is 0 Å². The standard InChI is InChI=1S/C18H37NO7/c1-18(2,3)26-17(20)16-25-15-14-24-13-12-23-11-10-22-9-8-21-7-6-19(4)5/h6-16H2,1-5H3. The Morgan fingerprint density at radius 3 is 1.46 bits per heavy atom. The van der Waals surface area contributed by atoms with E-state index in [1.54, 1.807) is 0 Å². The van der Waals surface area contributed by atoms with E-state index in [1.807, 2.05) is 34.9 Å². The summed E-state index contributed by atoms with van der Waals surface area (Å²) in [5.41, 5.74) is -0.489. The smallest absolute Gasteiger partial charge is 0.332 e. The Balaban J connectivity index is 3.15. The molecular weight excluding hydrogens is 342 g/mol. The van der Waals surface area contributed by atoms with Crippen LogP contribution in [0.5, 0.6) is 0 Å². The molecule has 0 radical (unpaired) electrons. The van der Waals surface area contributed by atoms with Gasteiger partial charge in [-0.15, -0.1) is 0 Å². The zero-order valence-electron chi connectivity index (χ0n) is 17.1. The number of hydrogen-bond acceptors (Lipinski definition) is 8. The summed E-state index contributed by atoms with van der Waals surface area (Å²) >= 11 is 0. The number of ether oxygens (including phenoxy) is 6. The Labute approximate surface area is 158 Å². The molecule has 156 valence electrons. The van der Waals surface area contributed by atoms with E-state index in [2.05, 4.69) is 4.90 Å². The van der Waals surface area contributed by atoms with Crippen LogP contribution in [-0.4, -0.2) is 103 Å². The van der Waals surface area contributed by atoms with Crippen LogP contribution in [0.2, 0.25) is 0 Å². The van der Waals surface area contributed by atoms with Crippen LogP contribution in [0.1, 0.15) is 20.8 Å². The average Bonchev–Trinajstić information content (AvgIpc) is 2.52. The van der Waals surface area contributed by atoms with E-state index in [0.717, 1.165) is 6.54 Å². The maximum Gasteiger partial charge on any atom is 0.332 e. The first-order chi connectivity index (χ1) is 12.3. The Morgan fingerprint density at radius 2 is 1.08 bits per heavy atom. The number of carbonyl (C=O) groups excluding carboxylic acids is 1. The van der Waals surface area contributed by atoms with Gasteiger partial charge in [0.05, 0.1) is 59.5 Å². The van der Waals surface area contributed by atoms with Gasteiger partial charge in [0.1, 0.15) is 12.2 Å². The number of hydrogen-bond donors (Lipinski definition) is 0. The van der Waals surface area contributed by atoms with Crippen molar-refractivity contribution in [1.82, 2.24) is 4.90 Å². The van der Waals surface area contributed by atoms with Crippen LogP contribution >= 0.6 is 0 Å². The van der Waals surface area contributed by atoms with Crippen molar-refractivity contribution in [3.8, 4) is 0 Å². The maximum absolute atomic E-state index is 11.4. The maximum atomic E-state index is 11.4. The van der Waals surface area contributed by atoms with Crippen LogP contribution in [0, 0.1) is 0 Å². The van der Waals surface area contributed by atoms with Crippen molar-refractivity contribution in [3.63, 3.8) is 0 Å². The first-order valence-corrected chi connectivity index (χ1v) is 9.06. The molecule has 0 heterocycles. The van der Waals surface area contributed by atoms with Crippen molar-refractivity contribution in [3.05, 3.63) is 0 Å². The summed E-state index contributed by atoms with van der Waals surface area (Å²) in [5.74, 6) is -0.371.